The maximum absolute atomic E-state index is 10.7. The van der Waals surface area contributed by atoms with Gasteiger partial charge in [-0.3, -0.25) is 29.9 Å². The number of aryl methyl sites for hydroxylation is 6. The summed E-state index contributed by atoms with van der Waals surface area (Å²) in [6.07, 6.45) is 51.2. The molecule has 0 unspecified atom stereocenters. The summed E-state index contributed by atoms with van der Waals surface area (Å²) in [6, 6.07) is 25.4. The van der Waals surface area contributed by atoms with Crippen LogP contribution >= 0.6 is 53.5 Å². The van der Waals surface area contributed by atoms with Crippen molar-refractivity contribution in [3.8, 4) is 34.2 Å². The van der Waals surface area contributed by atoms with Gasteiger partial charge in [0.25, 0.3) is 0 Å². The molecule has 0 bridgehead atoms. The molecule has 510 valence electrons. The molecule has 0 saturated heterocycles. The average molecular weight is 1460 g/mol. The van der Waals surface area contributed by atoms with Crippen LogP contribution in [0.15, 0.2) is 110 Å². The van der Waals surface area contributed by atoms with Gasteiger partial charge in [-0.1, -0.05) is 135 Å². The molecule has 6 aromatic heterocycles. The summed E-state index contributed by atoms with van der Waals surface area (Å²) in [5, 5.41) is 0. The van der Waals surface area contributed by atoms with Crippen LogP contribution < -0.4 is 0 Å². The second kappa shape index (κ2) is 42.8. The van der Waals surface area contributed by atoms with Gasteiger partial charge in [0, 0.05) is 37.2 Å². The smallest absolute Gasteiger partial charge is 2.00 e. The van der Waals surface area contributed by atoms with Gasteiger partial charge in [-0.05, 0) is 202 Å². The van der Waals surface area contributed by atoms with Crippen molar-refractivity contribution in [2.45, 2.75) is 213 Å². The SMILES string of the molecule is Cc1ccnc(-c2cc(CCCCCCCCCCCS)ccn2)c1.Cc1ccnc(-c2cc(CCCCCCCCCCCS)ccn2)c1.Cc1ccnc(-c2cc(CCCCCCCCCCCS)ccn2)c1.F[P-](F)(F)(F)(F)F.F[P-](F)(F)(F)(F)F.[Ru+2]. The molecule has 6 aromatic rings. The summed E-state index contributed by atoms with van der Waals surface area (Å²) in [4.78, 5) is 26.8. The third kappa shape index (κ3) is 54.0. The van der Waals surface area contributed by atoms with Gasteiger partial charge < -0.3 is 0 Å². The first-order valence-electron chi connectivity index (χ1n) is 31.4. The van der Waals surface area contributed by atoms with Gasteiger partial charge >= 0.3 is 85.5 Å². The van der Waals surface area contributed by atoms with E-state index in [1.54, 1.807) is 0 Å². The molecule has 0 amide bonds. The van der Waals surface area contributed by atoms with Crippen molar-refractivity contribution in [3.63, 3.8) is 0 Å². The Kier molecular flexibility index (Phi) is 40.3. The Labute approximate surface area is 558 Å². The number of rotatable bonds is 36. The van der Waals surface area contributed by atoms with Crippen LogP contribution in [0.5, 0.6) is 0 Å². The molecule has 0 spiro atoms. The number of thiol groups is 3. The maximum Gasteiger partial charge on any atom is 2.00 e. The van der Waals surface area contributed by atoms with Crippen LogP contribution in [-0.2, 0) is 38.7 Å². The number of hydrogen-bond acceptors (Lipinski definition) is 9. The van der Waals surface area contributed by atoms with Crippen molar-refractivity contribution in [3.05, 3.63) is 143 Å². The van der Waals surface area contributed by atoms with Crippen LogP contribution in [0.4, 0.5) is 50.4 Å². The summed E-state index contributed by atoms with van der Waals surface area (Å²) in [6.45, 7) is 6.28. The Hall–Kier alpha value is -3.41. The molecule has 0 atom stereocenters. The fourth-order valence-electron chi connectivity index (χ4n) is 9.37. The number of unbranched alkanes of at least 4 members (excludes halogenated alkanes) is 24. The second-order valence-electron chi connectivity index (χ2n) is 22.7. The van der Waals surface area contributed by atoms with E-state index < -0.39 is 15.6 Å². The van der Waals surface area contributed by atoms with Crippen molar-refractivity contribution in [1.29, 1.82) is 0 Å². The molecule has 90 heavy (non-hydrogen) atoms. The largest absolute Gasteiger partial charge is 2.00 e. The molecule has 0 radical (unpaired) electrons. The van der Waals surface area contributed by atoms with E-state index in [2.05, 4.69) is 143 Å². The Morgan fingerprint density at radius 2 is 0.411 bits per heavy atom. The quantitative estimate of drug-likeness (QED) is 0.0120. The van der Waals surface area contributed by atoms with Crippen LogP contribution in [0.1, 0.15) is 207 Å². The first kappa shape index (κ1) is 84.6. The number of halogens is 12. The fourth-order valence-corrected chi connectivity index (χ4v) is 10.0. The normalized spacial score (nSPS) is 12.7. The predicted molar refractivity (Wildman–Crippen MR) is 361 cm³/mol. The Bertz CT molecular complexity index is 2560. The van der Waals surface area contributed by atoms with Crippen molar-refractivity contribution >= 4 is 53.5 Å². The zero-order valence-corrected chi connectivity index (χ0v) is 58.7. The van der Waals surface area contributed by atoms with E-state index in [0.717, 1.165) is 70.7 Å². The van der Waals surface area contributed by atoms with E-state index in [0.29, 0.717) is 0 Å². The number of aromatic nitrogens is 6. The predicted octanol–water partition coefficient (Wildman–Crippen LogP) is 26.1. The molecule has 0 aliphatic carbocycles. The van der Waals surface area contributed by atoms with Gasteiger partial charge in [-0.2, -0.15) is 37.9 Å². The third-order valence-corrected chi connectivity index (χ3v) is 14.8. The van der Waals surface area contributed by atoms with E-state index in [4.69, 9.17) is 0 Å². The zero-order chi connectivity index (χ0) is 66.0. The van der Waals surface area contributed by atoms with Crippen LogP contribution in [0.3, 0.4) is 0 Å². The van der Waals surface area contributed by atoms with Crippen molar-refractivity contribution in [2.24, 2.45) is 0 Å². The third-order valence-electron chi connectivity index (χ3n) is 13.9. The number of hydrogen-bond donors (Lipinski definition) is 3. The summed E-state index contributed by atoms with van der Waals surface area (Å²) >= 11 is 12.8. The van der Waals surface area contributed by atoms with Crippen molar-refractivity contribution in [2.75, 3.05) is 17.3 Å². The Balaban J connectivity index is 0.000000605. The van der Waals surface area contributed by atoms with E-state index in [-0.39, 0.29) is 19.5 Å². The molecule has 6 heterocycles. The van der Waals surface area contributed by atoms with E-state index >= 15 is 0 Å². The fraction of sp³-hybridized carbons (Fsp3) is 0.545. The van der Waals surface area contributed by atoms with E-state index in [9.17, 15) is 50.4 Å². The van der Waals surface area contributed by atoms with E-state index in [1.165, 1.54) is 207 Å². The second-order valence-corrected chi connectivity index (χ2v) is 27.9. The monoisotopic (exact) mass is 1460 g/mol. The number of nitrogens with zero attached hydrogens (tertiary/aromatic N) is 6. The standard InChI is InChI=1S/3C22H32N2S.2F6P.Ru/c3*1-19-12-14-23-21(17-19)22-18-20(13-15-24-22)11-9-7-5-3-2-4-6-8-10-16-25;2*1-7(2,3,4,5)6;/h3*12-15,17-18,25H,2-11,16H2,1H3;;;/q;;;2*-1;+2. The first-order chi connectivity index (χ1) is 41.8. The van der Waals surface area contributed by atoms with Crippen LogP contribution in [0.25, 0.3) is 34.2 Å². The number of pyridine rings is 6. The zero-order valence-electron chi connectivity index (χ0n) is 52.5. The minimum atomic E-state index is -10.7. The molecule has 0 saturated carbocycles. The molecule has 0 aliphatic heterocycles. The minimum Gasteiger partial charge on any atom is 2.00 e. The molecular formula is C66H96F12N6P2RuS3. The molecular weight excluding hydrogens is 1360 g/mol. The summed E-state index contributed by atoms with van der Waals surface area (Å²) < 4.78 is 118. The molecule has 0 N–H and O–H groups in total. The van der Waals surface area contributed by atoms with Crippen LogP contribution in [0.2, 0.25) is 0 Å². The van der Waals surface area contributed by atoms with Gasteiger partial charge in [0.2, 0.25) is 0 Å². The molecule has 0 aliphatic rings. The van der Waals surface area contributed by atoms with Crippen molar-refractivity contribution in [1.82, 2.24) is 29.9 Å². The maximum atomic E-state index is 9.87. The van der Waals surface area contributed by atoms with Gasteiger partial charge in [-0.15, -0.1) is 0 Å². The van der Waals surface area contributed by atoms with Gasteiger partial charge in [0.15, 0.2) is 0 Å². The average Bonchev–Trinajstić information content (AvgIpc) is 0.898. The molecule has 0 fully saturated rings. The Morgan fingerprint density at radius 3 is 0.589 bits per heavy atom. The molecule has 6 nitrogen and oxygen atoms in total. The Morgan fingerprint density at radius 1 is 0.256 bits per heavy atom. The summed E-state index contributed by atoms with van der Waals surface area (Å²) in [5.74, 6) is 3.12. The van der Waals surface area contributed by atoms with Crippen molar-refractivity contribution < 1.29 is 69.8 Å². The minimum absolute atomic E-state index is 0. The van der Waals surface area contributed by atoms with E-state index in [1.807, 2.05) is 55.4 Å². The summed E-state index contributed by atoms with van der Waals surface area (Å²) in [5.41, 5.74) is 13.7. The van der Waals surface area contributed by atoms with Crippen LogP contribution in [-0.4, -0.2) is 47.2 Å². The van der Waals surface area contributed by atoms with Gasteiger partial charge in [0.1, 0.15) is 0 Å². The van der Waals surface area contributed by atoms with Crippen LogP contribution in [0, 0.1) is 20.8 Å². The van der Waals surface area contributed by atoms with Gasteiger partial charge in [-0.25, -0.2) is 0 Å². The van der Waals surface area contributed by atoms with Gasteiger partial charge in [0.05, 0.1) is 34.2 Å². The molecule has 6 rings (SSSR count). The summed E-state index contributed by atoms with van der Waals surface area (Å²) in [7, 11) is -21.3. The topological polar surface area (TPSA) is 77.3 Å². The first-order valence-corrected chi connectivity index (χ1v) is 37.3. The molecule has 0 aromatic carbocycles. The molecule has 24 heteroatoms.